The maximum atomic E-state index is 11.7. The van der Waals surface area contributed by atoms with Crippen LogP contribution in [-0.4, -0.2) is 15.6 Å². The molecule has 0 saturated carbocycles. The second-order valence-corrected chi connectivity index (χ2v) is 4.73. The van der Waals surface area contributed by atoms with E-state index in [4.69, 9.17) is 5.11 Å². The predicted molar refractivity (Wildman–Crippen MR) is 70.9 cm³/mol. The summed E-state index contributed by atoms with van der Waals surface area (Å²) >= 11 is 3.36. The molecule has 1 aromatic carbocycles. The third-order valence-corrected chi connectivity index (χ3v) is 2.98. The molecule has 0 bridgehead atoms. The number of aromatic nitrogens is 1. The molecule has 4 nitrogen and oxygen atoms in total. The minimum Gasteiger partial charge on any atom is -0.478 e. The van der Waals surface area contributed by atoms with Gasteiger partial charge in [0, 0.05) is 16.7 Å². The zero-order valence-electron chi connectivity index (χ0n) is 9.34. The first kappa shape index (κ1) is 12.6. The summed E-state index contributed by atoms with van der Waals surface area (Å²) in [5.74, 6) is -1.10. The molecule has 0 aliphatic heterocycles. The molecule has 92 valence electrons. The highest BCUT2D eigenvalue weighted by Gasteiger charge is 2.05. The number of carboxylic acids is 1. The van der Waals surface area contributed by atoms with Crippen molar-refractivity contribution in [3.8, 4) is 0 Å². The van der Waals surface area contributed by atoms with Gasteiger partial charge in [0.25, 0.3) is 5.56 Å². The Kier molecular flexibility index (Phi) is 3.62. The average molecular weight is 308 g/mol. The molecule has 0 unspecified atom stereocenters. The molecule has 2 rings (SSSR count). The molecule has 1 aromatic heterocycles. The van der Waals surface area contributed by atoms with E-state index in [0.29, 0.717) is 6.54 Å². The molecule has 0 fully saturated rings. The van der Waals surface area contributed by atoms with E-state index in [9.17, 15) is 9.59 Å². The highest BCUT2D eigenvalue weighted by Crippen LogP contribution is 2.12. The Hall–Kier alpha value is -1.88. The first-order chi connectivity index (χ1) is 8.56. The highest BCUT2D eigenvalue weighted by molar-refractivity contribution is 9.10. The van der Waals surface area contributed by atoms with E-state index < -0.39 is 5.97 Å². The van der Waals surface area contributed by atoms with Gasteiger partial charge >= 0.3 is 5.97 Å². The Bertz CT molecular complexity index is 649. The number of aromatic carboxylic acids is 1. The Morgan fingerprint density at radius 2 is 2.06 bits per heavy atom. The quantitative estimate of drug-likeness (QED) is 0.947. The van der Waals surface area contributed by atoms with Crippen LogP contribution in [0.5, 0.6) is 0 Å². The van der Waals surface area contributed by atoms with Crippen LogP contribution in [0.1, 0.15) is 15.9 Å². The van der Waals surface area contributed by atoms with E-state index in [1.54, 1.807) is 0 Å². The number of carboxylic acid groups (broad SMARTS) is 1. The summed E-state index contributed by atoms with van der Waals surface area (Å²) in [6.07, 6.45) is 1.49. The van der Waals surface area contributed by atoms with E-state index in [-0.39, 0.29) is 11.1 Å². The van der Waals surface area contributed by atoms with Crippen LogP contribution in [0.25, 0.3) is 0 Å². The zero-order chi connectivity index (χ0) is 13.1. The molecule has 2 aromatic rings. The van der Waals surface area contributed by atoms with Crippen molar-refractivity contribution in [3.63, 3.8) is 0 Å². The molecule has 0 aliphatic carbocycles. The van der Waals surface area contributed by atoms with Crippen molar-refractivity contribution >= 4 is 21.9 Å². The number of pyridine rings is 1. The lowest BCUT2D eigenvalue weighted by Gasteiger charge is -2.06. The van der Waals surface area contributed by atoms with Crippen LogP contribution in [0.2, 0.25) is 0 Å². The number of halogens is 1. The van der Waals surface area contributed by atoms with Crippen LogP contribution in [0.4, 0.5) is 0 Å². The number of benzene rings is 1. The summed E-state index contributed by atoms with van der Waals surface area (Å²) in [5, 5.41) is 8.77. The van der Waals surface area contributed by atoms with Crippen LogP contribution >= 0.6 is 15.9 Å². The van der Waals surface area contributed by atoms with E-state index in [1.807, 2.05) is 24.3 Å². The Morgan fingerprint density at radius 3 is 2.67 bits per heavy atom. The molecule has 1 N–H and O–H groups in total. The van der Waals surface area contributed by atoms with Gasteiger partial charge < -0.3 is 9.67 Å². The number of carbonyl (C=O) groups is 1. The van der Waals surface area contributed by atoms with Crippen LogP contribution in [0.3, 0.4) is 0 Å². The molecular weight excluding hydrogens is 298 g/mol. The molecule has 0 atom stereocenters. The largest absolute Gasteiger partial charge is 0.478 e. The van der Waals surface area contributed by atoms with Crippen molar-refractivity contribution in [1.29, 1.82) is 0 Å². The summed E-state index contributed by atoms with van der Waals surface area (Å²) < 4.78 is 2.41. The summed E-state index contributed by atoms with van der Waals surface area (Å²) in [7, 11) is 0. The van der Waals surface area contributed by atoms with E-state index >= 15 is 0 Å². The maximum absolute atomic E-state index is 11.7. The van der Waals surface area contributed by atoms with Crippen molar-refractivity contribution < 1.29 is 9.90 Å². The SMILES string of the molecule is O=C(O)c1ccn(Cc2cccc(Br)c2)c(=O)c1. The molecule has 5 heteroatoms. The minimum absolute atomic E-state index is 0.00509. The van der Waals surface area contributed by atoms with Gasteiger partial charge in [-0.1, -0.05) is 28.1 Å². The summed E-state index contributed by atoms with van der Waals surface area (Å²) in [6, 6.07) is 10.2. The maximum Gasteiger partial charge on any atom is 0.335 e. The third-order valence-electron chi connectivity index (χ3n) is 2.48. The number of hydrogen-bond acceptors (Lipinski definition) is 2. The lowest BCUT2D eigenvalue weighted by molar-refractivity contribution is 0.0696. The fourth-order valence-corrected chi connectivity index (χ4v) is 2.05. The van der Waals surface area contributed by atoms with Crippen LogP contribution in [-0.2, 0) is 6.54 Å². The van der Waals surface area contributed by atoms with Crippen LogP contribution < -0.4 is 5.56 Å². The molecule has 0 aliphatic rings. The van der Waals surface area contributed by atoms with Gasteiger partial charge in [0.15, 0.2) is 0 Å². The molecule has 0 spiro atoms. The predicted octanol–water partition coefficient (Wildman–Crippen LogP) is 2.36. The van der Waals surface area contributed by atoms with Crippen LogP contribution in [0.15, 0.2) is 51.9 Å². The van der Waals surface area contributed by atoms with Crippen molar-refractivity contribution in [1.82, 2.24) is 4.57 Å². The summed E-state index contributed by atoms with van der Waals surface area (Å²) in [4.78, 5) is 22.4. The lowest BCUT2D eigenvalue weighted by Crippen LogP contribution is -2.20. The summed E-state index contributed by atoms with van der Waals surface area (Å²) in [6.45, 7) is 0.415. The Morgan fingerprint density at radius 1 is 1.28 bits per heavy atom. The Labute approximate surface area is 112 Å². The van der Waals surface area contributed by atoms with E-state index in [2.05, 4.69) is 15.9 Å². The van der Waals surface area contributed by atoms with Gasteiger partial charge in [-0.15, -0.1) is 0 Å². The second kappa shape index (κ2) is 5.18. The molecular formula is C13H10BrNO3. The average Bonchev–Trinajstić information content (AvgIpc) is 2.31. The topological polar surface area (TPSA) is 59.3 Å². The molecule has 1 heterocycles. The normalized spacial score (nSPS) is 10.3. The highest BCUT2D eigenvalue weighted by atomic mass is 79.9. The standard InChI is InChI=1S/C13H10BrNO3/c14-11-3-1-2-9(6-11)8-15-5-4-10(13(17)18)7-12(15)16/h1-7H,8H2,(H,17,18). The van der Waals surface area contributed by atoms with E-state index in [1.165, 1.54) is 16.8 Å². The fourth-order valence-electron chi connectivity index (χ4n) is 1.60. The van der Waals surface area contributed by atoms with Gasteiger partial charge in [-0.2, -0.15) is 0 Å². The minimum atomic E-state index is -1.10. The second-order valence-electron chi connectivity index (χ2n) is 3.82. The summed E-state index contributed by atoms with van der Waals surface area (Å²) in [5.41, 5.74) is 0.648. The van der Waals surface area contributed by atoms with Crippen LogP contribution in [0, 0.1) is 0 Å². The van der Waals surface area contributed by atoms with Crippen molar-refractivity contribution in [3.05, 3.63) is 68.5 Å². The van der Waals surface area contributed by atoms with Gasteiger partial charge in [0.1, 0.15) is 0 Å². The first-order valence-corrected chi connectivity index (χ1v) is 6.04. The Balaban J connectivity index is 2.30. The van der Waals surface area contributed by atoms with Crippen molar-refractivity contribution in [2.24, 2.45) is 0 Å². The lowest BCUT2D eigenvalue weighted by atomic mass is 10.2. The number of rotatable bonds is 3. The van der Waals surface area contributed by atoms with Gasteiger partial charge in [-0.25, -0.2) is 4.79 Å². The number of nitrogens with zero attached hydrogens (tertiary/aromatic N) is 1. The monoisotopic (exact) mass is 307 g/mol. The van der Waals surface area contributed by atoms with Gasteiger partial charge in [0.2, 0.25) is 0 Å². The third kappa shape index (κ3) is 2.87. The molecule has 18 heavy (non-hydrogen) atoms. The zero-order valence-corrected chi connectivity index (χ0v) is 10.9. The van der Waals surface area contributed by atoms with E-state index in [0.717, 1.165) is 16.1 Å². The molecule has 0 radical (unpaired) electrons. The fraction of sp³-hybridized carbons (Fsp3) is 0.0769. The van der Waals surface area contributed by atoms with Gasteiger partial charge in [0.05, 0.1) is 12.1 Å². The van der Waals surface area contributed by atoms with Gasteiger partial charge in [-0.05, 0) is 23.8 Å². The number of hydrogen-bond donors (Lipinski definition) is 1. The molecule has 0 amide bonds. The van der Waals surface area contributed by atoms with Crippen molar-refractivity contribution in [2.75, 3.05) is 0 Å². The molecule has 0 saturated heterocycles. The first-order valence-electron chi connectivity index (χ1n) is 5.24. The smallest absolute Gasteiger partial charge is 0.335 e. The van der Waals surface area contributed by atoms with Gasteiger partial charge in [-0.3, -0.25) is 4.79 Å². The van der Waals surface area contributed by atoms with Crippen molar-refractivity contribution in [2.45, 2.75) is 6.54 Å².